The normalized spacial score (nSPS) is 18.1. The second-order valence-electron chi connectivity index (χ2n) is 5.38. The van der Waals surface area contributed by atoms with Crippen LogP contribution < -0.4 is 5.73 Å². The molecule has 2 nitrogen and oxygen atoms in total. The molecule has 1 unspecified atom stereocenters. The number of hydrogen-bond donors (Lipinski definition) is 1. The van der Waals surface area contributed by atoms with E-state index in [-0.39, 0.29) is 0 Å². The predicted octanol–water partition coefficient (Wildman–Crippen LogP) is 4.35. The van der Waals surface area contributed by atoms with Crippen LogP contribution in [-0.2, 0) is 6.42 Å². The maximum Gasteiger partial charge on any atom is 0.180 e. The summed E-state index contributed by atoms with van der Waals surface area (Å²) in [6, 6.07) is 15.2. The third kappa shape index (κ3) is 1.81. The number of fused-ring (bicyclic) bond motifs is 2. The van der Waals surface area contributed by atoms with Gasteiger partial charge in [-0.1, -0.05) is 42.5 Å². The Kier molecular flexibility index (Phi) is 2.74. The molecule has 2 N–H and O–H groups in total. The molecule has 4 rings (SSSR count). The van der Waals surface area contributed by atoms with Crippen LogP contribution in [0.5, 0.6) is 0 Å². The van der Waals surface area contributed by atoms with Gasteiger partial charge >= 0.3 is 0 Å². The molecule has 0 spiro atoms. The van der Waals surface area contributed by atoms with Crippen LogP contribution >= 0.6 is 11.3 Å². The van der Waals surface area contributed by atoms with Gasteiger partial charge in [-0.05, 0) is 35.6 Å². The summed E-state index contributed by atoms with van der Waals surface area (Å²) < 4.78 is 0. The van der Waals surface area contributed by atoms with E-state index in [9.17, 15) is 0 Å². The quantitative estimate of drug-likeness (QED) is 0.720. The van der Waals surface area contributed by atoms with Gasteiger partial charge < -0.3 is 5.73 Å². The topological polar surface area (TPSA) is 38.9 Å². The zero-order chi connectivity index (χ0) is 13.5. The van der Waals surface area contributed by atoms with Crippen molar-refractivity contribution in [3.05, 3.63) is 58.6 Å². The van der Waals surface area contributed by atoms with Gasteiger partial charge in [0.2, 0.25) is 0 Å². The molecule has 3 heteroatoms. The van der Waals surface area contributed by atoms with Crippen molar-refractivity contribution in [2.45, 2.75) is 25.2 Å². The van der Waals surface area contributed by atoms with Gasteiger partial charge in [0.1, 0.15) is 0 Å². The van der Waals surface area contributed by atoms with Gasteiger partial charge in [0.15, 0.2) is 5.13 Å². The first kappa shape index (κ1) is 11.9. The fourth-order valence-corrected chi connectivity index (χ4v) is 4.32. The smallest absolute Gasteiger partial charge is 0.180 e. The van der Waals surface area contributed by atoms with E-state index in [0.717, 1.165) is 6.42 Å². The van der Waals surface area contributed by atoms with Crippen molar-refractivity contribution < 1.29 is 0 Å². The predicted molar refractivity (Wildman–Crippen MR) is 85.3 cm³/mol. The van der Waals surface area contributed by atoms with Gasteiger partial charge in [0.25, 0.3) is 0 Å². The number of aromatic nitrogens is 1. The highest BCUT2D eigenvalue weighted by Gasteiger charge is 2.26. The summed E-state index contributed by atoms with van der Waals surface area (Å²) in [6.45, 7) is 0. The summed E-state index contributed by atoms with van der Waals surface area (Å²) in [7, 11) is 0. The Labute approximate surface area is 122 Å². The minimum Gasteiger partial charge on any atom is -0.375 e. The lowest BCUT2D eigenvalue weighted by atomic mass is 9.84. The van der Waals surface area contributed by atoms with Crippen LogP contribution in [-0.4, -0.2) is 4.98 Å². The molecular formula is C17H16N2S. The number of hydrogen-bond acceptors (Lipinski definition) is 3. The van der Waals surface area contributed by atoms with E-state index in [2.05, 4.69) is 47.4 Å². The average molecular weight is 280 g/mol. The molecule has 1 aliphatic rings. The Bertz CT molecular complexity index is 770. The third-order valence-corrected chi connectivity index (χ3v) is 5.21. The van der Waals surface area contributed by atoms with Crippen LogP contribution in [0.15, 0.2) is 42.5 Å². The molecule has 100 valence electrons. The van der Waals surface area contributed by atoms with Crippen LogP contribution in [0, 0.1) is 0 Å². The number of rotatable bonds is 1. The largest absolute Gasteiger partial charge is 0.375 e. The van der Waals surface area contributed by atoms with E-state index in [1.54, 1.807) is 11.3 Å². The number of nitrogen functional groups attached to an aromatic ring is 1. The van der Waals surface area contributed by atoms with Crippen LogP contribution in [0.2, 0.25) is 0 Å². The monoisotopic (exact) mass is 280 g/mol. The molecule has 1 heterocycles. The summed E-state index contributed by atoms with van der Waals surface area (Å²) in [6.07, 6.45) is 3.47. The van der Waals surface area contributed by atoms with E-state index in [4.69, 9.17) is 5.73 Å². The molecule has 1 aliphatic carbocycles. The second kappa shape index (κ2) is 4.60. The second-order valence-corrected chi connectivity index (χ2v) is 6.44. The van der Waals surface area contributed by atoms with E-state index in [0.29, 0.717) is 11.0 Å². The maximum absolute atomic E-state index is 5.92. The minimum atomic E-state index is 0.458. The Balaban J connectivity index is 1.92. The van der Waals surface area contributed by atoms with Gasteiger partial charge in [-0.25, -0.2) is 4.98 Å². The van der Waals surface area contributed by atoms with Crippen molar-refractivity contribution in [2.75, 3.05) is 5.73 Å². The van der Waals surface area contributed by atoms with Gasteiger partial charge in [0, 0.05) is 10.8 Å². The number of nitrogens with zero attached hydrogens (tertiary/aromatic N) is 1. The molecule has 0 radical (unpaired) electrons. The summed E-state index contributed by atoms with van der Waals surface area (Å²) >= 11 is 1.67. The van der Waals surface area contributed by atoms with E-state index < -0.39 is 0 Å². The number of benzene rings is 2. The molecule has 2 aromatic carbocycles. The highest BCUT2D eigenvalue weighted by Crippen LogP contribution is 2.42. The number of aryl methyl sites for hydroxylation is 1. The Morgan fingerprint density at radius 1 is 1.10 bits per heavy atom. The van der Waals surface area contributed by atoms with Gasteiger partial charge in [0.05, 0.1) is 5.69 Å². The van der Waals surface area contributed by atoms with Gasteiger partial charge in [-0.15, -0.1) is 11.3 Å². The summed E-state index contributed by atoms with van der Waals surface area (Å²) in [5.74, 6) is 0.458. The lowest BCUT2D eigenvalue weighted by Gasteiger charge is -2.23. The first-order chi connectivity index (χ1) is 9.83. The first-order valence-electron chi connectivity index (χ1n) is 7.05. The minimum absolute atomic E-state index is 0.458. The Morgan fingerprint density at radius 3 is 2.90 bits per heavy atom. The molecule has 0 bridgehead atoms. The lowest BCUT2D eigenvalue weighted by Crippen LogP contribution is -2.09. The molecule has 20 heavy (non-hydrogen) atoms. The van der Waals surface area contributed by atoms with E-state index in [1.165, 1.54) is 39.7 Å². The fourth-order valence-electron chi connectivity index (χ4n) is 3.29. The Hall–Kier alpha value is -1.87. The van der Waals surface area contributed by atoms with Crippen molar-refractivity contribution in [1.29, 1.82) is 0 Å². The maximum atomic E-state index is 5.92. The molecule has 0 fully saturated rings. The average Bonchev–Trinajstić information content (AvgIpc) is 2.87. The lowest BCUT2D eigenvalue weighted by molar-refractivity contribution is 0.620. The first-order valence-corrected chi connectivity index (χ1v) is 7.87. The SMILES string of the molecule is Nc1nc2c(s1)C(c1cccc3ccccc13)CCC2. The van der Waals surface area contributed by atoms with Gasteiger partial charge in [-0.2, -0.15) is 0 Å². The van der Waals surface area contributed by atoms with Crippen LogP contribution in [0.4, 0.5) is 5.13 Å². The van der Waals surface area contributed by atoms with Crippen LogP contribution in [0.1, 0.15) is 34.9 Å². The van der Waals surface area contributed by atoms with Crippen LogP contribution in [0.3, 0.4) is 0 Å². The molecule has 0 saturated carbocycles. The molecule has 3 aromatic rings. The molecule has 1 aromatic heterocycles. The molecular weight excluding hydrogens is 264 g/mol. The van der Waals surface area contributed by atoms with E-state index in [1.807, 2.05) is 0 Å². The number of nitrogens with two attached hydrogens (primary N) is 1. The summed E-state index contributed by atoms with van der Waals surface area (Å²) in [5, 5.41) is 3.39. The molecule has 0 aliphatic heterocycles. The summed E-state index contributed by atoms with van der Waals surface area (Å²) in [5.41, 5.74) is 8.56. The van der Waals surface area contributed by atoms with Crippen molar-refractivity contribution in [1.82, 2.24) is 4.98 Å². The molecule has 0 saturated heterocycles. The van der Waals surface area contributed by atoms with Crippen molar-refractivity contribution >= 4 is 27.2 Å². The van der Waals surface area contributed by atoms with Crippen molar-refractivity contribution in [3.8, 4) is 0 Å². The van der Waals surface area contributed by atoms with Crippen molar-refractivity contribution in [3.63, 3.8) is 0 Å². The fraction of sp³-hybridized carbons (Fsp3) is 0.235. The number of anilines is 1. The highest BCUT2D eigenvalue weighted by molar-refractivity contribution is 7.15. The van der Waals surface area contributed by atoms with Crippen molar-refractivity contribution in [2.24, 2.45) is 0 Å². The highest BCUT2D eigenvalue weighted by atomic mass is 32.1. The number of thiazole rings is 1. The van der Waals surface area contributed by atoms with E-state index >= 15 is 0 Å². The Morgan fingerprint density at radius 2 is 1.95 bits per heavy atom. The standard InChI is InChI=1S/C17H16N2S/c18-17-19-15-10-4-9-14(16(15)20-17)13-8-3-6-11-5-1-2-7-12(11)13/h1-3,5-8,14H,4,9-10H2,(H2,18,19). The zero-order valence-electron chi connectivity index (χ0n) is 11.2. The van der Waals surface area contributed by atoms with Gasteiger partial charge in [-0.3, -0.25) is 0 Å². The zero-order valence-corrected chi connectivity index (χ0v) is 12.0. The molecule has 0 amide bonds. The third-order valence-electron chi connectivity index (χ3n) is 4.17. The van der Waals surface area contributed by atoms with Crippen LogP contribution in [0.25, 0.3) is 10.8 Å². The summed E-state index contributed by atoms with van der Waals surface area (Å²) in [4.78, 5) is 5.88. The molecule has 1 atom stereocenters.